The summed E-state index contributed by atoms with van der Waals surface area (Å²) in [6.45, 7) is 0.208. The summed E-state index contributed by atoms with van der Waals surface area (Å²) in [5.41, 5.74) is 6.27. The lowest BCUT2D eigenvalue weighted by Gasteiger charge is -2.31. The highest BCUT2D eigenvalue weighted by molar-refractivity contribution is 7.07. The van der Waals surface area contributed by atoms with Gasteiger partial charge in [-0.15, -0.1) is 0 Å². The standard InChI is InChI=1S/C30H24N2O5S/c1-34-22-12-9-19(15-24(22)35-2)28-21-10-8-18-5-3-4-6-20(18)27(21)31-30-32(28)29(33)26(38-30)14-17-7-11-23-25(13-17)37-16-36-23/h3-7,9,11-15,28H,8,10,16H2,1-2H3/b26-14+. The zero-order valence-electron chi connectivity index (χ0n) is 20.9. The zero-order chi connectivity index (χ0) is 25.8. The minimum Gasteiger partial charge on any atom is -0.493 e. The molecule has 0 fully saturated rings. The first-order valence-electron chi connectivity index (χ1n) is 12.4. The average molecular weight is 525 g/mol. The molecular weight excluding hydrogens is 500 g/mol. The smallest absolute Gasteiger partial charge is 0.271 e. The molecule has 3 aromatic carbocycles. The van der Waals surface area contributed by atoms with Crippen LogP contribution in [-0.4, -0.2) is 25.6 Å². The van der Waals surface area contributed by atoms with Crippen molar-refractivity contribution >= 4 is 23.1 Å². The maximum atomic E-state index is 14.0. The van der Waals surface area contributed by atoms with Gasteiger partial charge in [0.1, 0.15) is 0 Å². The number of thiazole rings is 1. The van der Waals surface area contributed by atoms with Gasteiger partial charge in [0, 0.05) is 5.56 Å². The third kappa shape index (κ3) is 3.55. The molecule has 1 aromatic heterocycles. The lowest BCUT2D eigenvalue weighted by atomic mass is 9.83. The van der Waals surface area contributed by atoms with E-state index in [1.54, 1.807) is 14.2 Å². The molecule has 0 spiro atoms. The molecule has 3 heterocycles. The molecule has 0 saturated heterocycles. The molecule has 1 aliphatic carbocycles. The van der Waals surface area contributed by atoms with E-state index >= 15 is 0 Å². The van der Waals surface area contributed by atoms with Crippen LogP contribution in [0.5, 0.6) is 23.0 Å². The highest BCUT2D eigenvalue weighted by atomic mass is 32.1. The van der Waals surface area contributed by atoms with Gasteiger partial charge >= 0.3 is 0 Å². The van der Waals surface area contributed by atoms with Crippen molar-refractivity contribution in [2.45, 2.75) is 18.9 Å². The normalized spacial score (nSPS) is 17.4. The van der Waals surface area contributed by atoms with Gasteiger partial charge in [0.15, 0.2) is 27.8 Å². The molecule has 7 rings (SSSR count). The van der Waals surface area contributed by atoms with Crippen molar-refractivity contribution in [3.05, 3.63) is 108 Å². The fraction of sp³-hybridized carbons (Fsp3) is 0.200. The van der Waals surface area contributed by atoms with Gasteiger partial charge in [-0.25, -0.2) is 4.99 Å². The van der Waals surface area contributed by atoms with Crippen molar-refractivity contribution in [1.82, 2.24) is 4.57 Å². The van der Waals surface area contributed by atoms with Crippen LogP contribution in [0.4, 0.5) is 0 Å². The average Bonchev–Trinajstić information content (AvgIpc) is 3.55. The first-order valence-corrected chi connectivity index (χ1v) is 13.2. The predicted molar refractivity (Wildman–Crippen MR) is 145 cm³/mol. The Labute approximate surface area is 222 Å². The van der Waals surface area contributed by atoms with Gasteiger partial charge in [-0.3, -0.25) is 9.36 Å². The number of methoxy groups -OCH3 is 2. The quantitative estimate of drug-likeness (QED) is 0.403. The Morgan fingerprint density at radius 3 is 2.68 bits per heavy atom. The molecule has 3 aliphatic rings. The molecule has 190 valence electrons. The summed E-state index contributed by atoms with van der Waals surface area (Å²) in [6, 6.07) is 19.7. The molecule has 7 nitrogen and oxygen atoms in total. The number of hydrogen-bond donors (Lipinski definition) is 0. The number of fused-ring (bicyclic) bond motifs is 4. The van der Waals surface area contributed by atoms with Gasteiger partial charge in [-0.05, 0) is 65.4 Å². The highest BCUT2D eigenvalue weighted by Crippen LogP contribution is 2.42. The van der Waals surface area contributed by atoms with Gasteiger partial charge < -0.3 is 18.9 Å². The number of benzene rings is 3. The lowest BCUT2D eigenvalue weighted by molar-refractivity contribution is 0.174. The van der Waals surface area contributed by atoms with Crippen LogP contribution in [0.25, 0.3) is 11.8 Å². The predicted octanol–water partition coefficient (Wildman–Crippen LogP) is 4.06. The van der Waals surface area contributed by atoms with Crippen molar-refractivity contribution < 1.29 is 18.9 Å². The van der Waals surface area contributed by atoms with E-state index in [0.717, 1.165) is 40.8 Å². The van der Waals surface area contributed by atoms with E-state index in [0.29, 0.717) is 32.3 Å². The summed E-state index contributed by atoms with van der Waals surface area (Å²) in [5, 5.41) is 0. The summed E-state index contributed by atoms with van der Waals surface area (Å²) in [4.78, 5) is 19.7. The Kier molecular flexibility index (Phi) is 5.37. The van der Waals surface area contributed by atoms with Gasteiger partial charge in [0.05, 0.1) is 30.5 Å². The van der Waals surface area contributed by atoms with Gasteiger partial charge in [0.25, 0.3) is 5.56 Å². The van der Waals surface area contributed by atoms with Gasteiger partial charge in [-0.2, -0.15) is 0 Å². The summed E-state index contributed by atoms with van der Waals surface area (Å²) in [7, 11) is 3.25. The number of nitrogens with zero attached hydrogens (tertiary/aromatic N) is 2. The largest absolute Gasteiger partial charge is 0.493 e. The minimum atomic E-state index is -0.298. The maximum Gasteiger partial charge on any atom is 0.271 e. The van der Waals surface area contributed by atoms with E-state index < -0.39 is 0 Å². The number of ether oxygens (including phenoxy) is 4. The molecule has 0 N–H and O–H groups in total. The first kappa shape index (κ1) is 22.9. The summed E-state index contributed by atoms with van der Waals surface area (Å²) >= 11 is 1.40. The minimum absolute atomic E-state index is 0.0726. The molecule has 0 radical (unpaired) electrons. The van der Waals surface area contributed by atoms with Crippen LogP contribution in [-0.2, 0) is 6.42 Å². The van der Waals surface area contributed by atoms with Crippen LogP contribution >= 0.6 is 11.3 Å². The van der Waals surface area contributed by atoms with Crippen molar-refractivity contribution in [3.63, 3.8) is 0 Å². The number of aryl methyl sites for hydroxylation is 1. The van der Waals surface area contributed by atoms with E-state index in [4.69, 9.17) is 23.9 Å². The van der Waals surface area contributed by atoms with Crippen LogP contribution in [0.15, 0.2) is 76.0 Å². The van der Waals surface area contributed by atoms with Crippen molar-refractivity contribution in [2.24, 2.45) is 4.99 Å². The van der Waals surface area contributed by atoms with Crippen LogP contribution in [0, 0.1) is 0 Å². The number of allylic oxidation sites excluding steroid dienone is 1. The van der Waals surface area contributed by atoms with Crippen LogP contribution < -0.4 is 33.8 Å². The molecule has 0 bridgehead atoms. The highest BCUT2D eigenvalue weighted by Gasteiger charge is 2.33. The number of aromatic nitrogens is 1. The summed E-state index contributed by atoms with van der Waals surface area (Å²) in [5.74, 6) is 2.67. The van der Waals surface area contributed by atoms with E-state index in [1.807, 2.05) is 53.1 Å². The molecule has 2 aliphatic heterocycles. The zero-order valence-corrected chi connectivity index (χ0v) is 21.7. The Morgan fingerprint density at radius 1 is 0.974 bits per heavy atom. The number of hydrogen-bond acceptors (Lipinski definition) is 7. The molecule has 0 amide bonds. The SMILES string of the molecule is COc1ccc(C2C3=C(N=c4s/c(=C/c5ccc6c(c5)OCO6)c(=O)n42)c2ccccc2CC3)cc1OC. The third-order valence-electron chi connectivity index (χ3n) is 7.29. The third-order valence-corrected chi connectivity index (χ3v) is 8.27. The molecule has 38 heavy (non-hydrogen) atoms. The van der Waals surface area contributed by atoms with Gasteiger partial charge in [-0.1, -0.05) is 47.7 Å². The van der Waals surface area contributed by atoms with Gasteiger partial charge in [0.2, 0.25) is 6.79 Å². The molecule has 4 aromatic rings. The molecular formula is C30H24N2O5S. The topological polar surface area (TPSA) is 71.3 Å². The summed E-state index contributed by atoms with van der Waals surface area (Å²) < 4.78 is 24.5. The monoisotopic (exact) mass is 524 g/mol. The Bertz CT molecular complexity index is 1820. The second-order valence-electron chi connectivity index (χ2n) is 9.34. The second-order valence-corrected chi connectivity index (χ2v) is 10.3. The van der Waals surface area contributed by atoms with Crippen LogP contribution in [0.3, 0.4) is 0 Å². The van der Waals surface area contributed by atoms with E-state index in [2.05, 4.69) is 18.2 Å². The number of rotatable bonds is 4. The van der Waals surface area contributed by atoms with E-state index in [1.165, 1.54) is 16.9 Å². The van der Waals surface area contributed by atoms with Crippen LogP contribution in [0.2, 0.25) is 0 Å². The van der Waals surface area contributed by atoms with Crippen LogP contribution in [0.1, 0.15) is 34.7 Å². The first-order chi connectivity index (χ1) is 18.6. The molecule has 0 saturated carbocycles. The summed E-state index contributed by atoms with van der Waals surface area (Å²) in [6.07, 6.45) is 3.62. The lowest BCUT2D eigenvalue weighted by Crippen LogP contribution is -2.38. The van der Waals surface area contributed by atoms with E-state index in [-0.39, 0.29) is 18.4 Å². The fourth-order valence-corrected chi connectivity index (χ4v) is 6.50. The van der Waals surface area contributed by atoms with Crippen molar-refractivity contribution in [3.8, 4) is 23.0 Å². The second kappa shape index (κ2) is 8.92. The fourth-order valence-electron chi connectivity index (χ4n) is 5.50. The van der Waals surface area contributed by atoms with Crippen molar-refractivity contribution in [1.29, 1.82) is 0 Å². The molecule has 1 atom stereocenters. The maximum absolute atomic E-state index is 14.0. The Morgan fingerprint density at radius 2 is 1.82 bits per heavy atom. The molecule has 1 unspecified atom stereocenters. The Balaban J connectivity index is 1.46. The Hall–Kier alpha value is -4.30. The van der Waals surface area contributed by atoms with E-state index in [9.17, 15) is 4.79 Å². The molecule has 8 heteroatoms. The van der Waals surface area contributed by atoms with Crippen molar-refractivity contribution in [2.75, 3.05) is 21.0 Å².